The number of hydrogen-bond donors (Lipinski definition) is 0. The summed E-state index contributed by atoms with van der Waals surface area (Å²) in [5.41, 5.74) is 0. The normalized spacial score (nSPS) is 12.5. The molecule has 0 fully saturated rings. The van der Waals surface area contributed by atoms with Crippen molar-refractivity contribution in [3.63, 3.8) is 0 Å². The third-order valence-electron chi connectivity index (χ3n) is 16.2. The zero-order valence-corrected chi connectivity index (χ0v) is 55.5. The molecule has 0 rings (SSSR count). The summed E-state index contributed by atoms with van der Waals surface area (Å²) in [6, 6.07) is 0. The molecule has 0 aliphatic carbocycles. The highest BCUT2D eigenvalue weighted by Gasteiger charge is 2.19. The maximum Gasteiger partial charge on any atom is 0.306 e. The van der Waals surface area contributed by atoms with Crippen molar-refractivity contribution in [2.75, 3.05) is 13.2 Å². The standard InChI is InChI=1S/C77H138O6/c1-4-7-10-13-15-17-19-21-23-25-27-29-31-33-35-36-37-38-39-40-42-43-45-47-49-51-53-55-57-59-61-64-67-70-76(79)82-73-74(72-81-75(78)69-66-63-12-9-6-3)83-77(80)71-68-65-62-60-58-56-54-52-50-48-46-44-41-34-32-30-28-26-24-22-20-18-16-14-11-8-5-2/h8,11,16,18,22,24,28,30,34,41,46,48,74H,4-7,9-10,12-15,17,19-21,23,25-27,29,31-33,35-40,42-45,47,49-73H2,1-3H3/b11-8-,18-16-,24-22-,30-28-,41-34-,48-46-. The van der Waals surface area contributed by atoms with Gasteiger partial charge in [0.25, 0.3) is 0 Å². The van der Waals surface area contributed by atoms with Gasteiger partial charge in [-0.1, -0.05) is 363 Å². The van der Waals surface area contributed by atoms with E-state index < -0.39 is 6.10 Å². The third-order valence-corrected chi connectivity index (χ3v) is 16.2. The van der Waals surface area contributed by atoms with Crippen LogP contribution in [0.5, 0.6) is 0 Å². The van der Waals surface area contributed by atoms with Crippen molar-refractivity contribution in [1.29, 1.82) is 0 Å². The Labute approximate surface area is 516 Å². The number of ether oxygens (including phenoxy) is 3. The summed E-state index contributed by atoms with van der Waals surface area (Å²) in [7, 11) is 0. The number of hydrogen-bond acceptors (Lipinski definition) is 6. The second-order valence-electron chi connectivity index (χ2n) is 24.5. The molecule has 1 atom stereocenters. The summed E-state index contributed by atoms with van der Waals surface area (Å²) in [6.07, 6.45) is 94.4. The van der Waals surface area contributed by atoms with Crippen molar-refractivity contribution in [1.82, 2.24) is 0 Å². The lowest BCUT2D eigenvalue weighted by Crippen LogP contribution is -2.30. The quantitative estimate of drug-likeness (QED) is 0.0261. The number of carbonyl (C=O) groups is 3. The minimum Gasteiger partial charge on any atom is -0.462 e. The van der Waals surface area contributed by atoms with Gasteiger partial charge in [-0.15, -0.1) is 0 Å². The largest absolute Gasteiger partial charge is 0.462 e. The fraction of sp³-hybridized carbons (Fsp3) is 0.805. The number of allylic oxidation sites excluding steroid dienone is 12. The van der Waals surface area contributed by atoms with Crippen LogP contribution in [0.15, 0.2) is 72.9 Å². The molecule has 0 saturated heterocycles. The van der Waals surface area contributed by atoms with Crippen molar-refractivity contribution >= 4 is 17.9 Å². The molecule has 0 radical (unpaired) electrons. The highest BCUT2D eigenvalue weighted by atomic mass is 16.6. The van der Waals surface area contributed by atoms with Gasteiger partial charge in [0.1, 0.15) is 13.2 Å². The van der Waals surface area contributed by atoms with Crippen molar-refractivity contribution in [3.05, 3.63) is 72.9 Å². The van der Waals surface area contributed by atoms with E-state index in [0.29, 0.717) is 19.3 Å². The Morgan fingerprint density at radius 1 is 0.253 bits per heavy atom. The Morgan fingerprint density at radius 2 is 0.470 bits per heavy atom. The van der Waals surface area contributed by atoms with Crippen LogP contribution < -0.4 is 0 Å². The first-order chi connectivity index (χ1) is 41.0. The Kier molecular flexibility index (Phi) is 68.6. The molecule has 0 aromatic rings. The van der Waals surface area contributed by atoms with Gasteiger partial charge in [0, 0.05) is 19.3 Å². The summed E-state index contributed by atoms with van der Waals surface area (Å²) in [5, 5.41) is 0. The summed E-state index contributed by atoms with van der Waals surface area (Å²) >= 11 is 0. The lowest BCUT2D eigenvalue weighted by atomic mass is 10.0. The number of esters is 3. The fourth-order valence-corrected chi connectivity index (χ4v) is 10.8. The van der Waals surface area contributed by atoms with Gasteiger partial charge in [0.2, 0.25) is 0 Å². The predicted molar refractivity (Wildman–Crippen MR) is 362 cm³/mol. The molecular formula is C77H138O6. The van der Waals surface area contributed by atoms with Gasteiger partial charge < -0.3 is 14.2 Å². The smallest absolute Gasteiger partial charge is 0.306 e. The van der Waals surface area contributed by atoms with E-state index in [1.807, 2.05) is 0 Å². The summed E-state index contributed by atoms with van der Waals surface area (Å²) in [5.74, 6) is -0.880. The van der Waals surface area contributed by atoms with Gasteiger partial charge in [-0.05, 0) is 70.6 Å². The lowest BCUT2D eigenvalue weighted by Gasteiger charge is -2.18. The molecule has 0 bridgehead atoms. The zero-order valence-electron chi connectivity index (χ0n) is 55.5. The van der Waals surface area contributed by atoms with E-state index >= 15 is 0 Å². The highest BCUT2D eigenvalue weighted by Crippen LogP contribution is 2.19. The Hall–Kier alpha value is -3.15. The van der Waals surface area contributed by atoms with Crippen molar-refractivity contribution < 1.29 is 28.6 Å². The van der Waals surface area contributed by atoms with Crippen LogP contribution in [0.3, 0.4) is 0 Å². The average molecular weight is 1160 g/mol. The van der Waals surface area contributed by atoms with Crippen LogP contribution in [0.2, 0.25) is 0 Å². The molecule has 6 nitrogen and oxygen atoms in total. The number of rotatable bonds is 67. The fourth-order valence-electron chi connectivity index (χ4n) is 10.8. The summed E-state index contributed by atoms with van der Waals surface area (Å²) in [6.45, 7) is 6.49. The Morgan fingerprint density at radius 3 is 0.735 bits per heavy atom. The topological polar surface area (TPSA) is 78.9 Å². The van der Waals surface area contributed by atoms with Crippen molar-refractivity contribution in [2.45, 2.75) is 386 Å². The first kappa shape index (κ1) is 79.8. The third kappa shape index (κ3) is 69.5. The molecule has 83 heavy (non-hydrogen) atoms. The van der Waals surface area contributed by atoms with Crippen LogP contribution >= 0.6 is 0 Å². The molecule has 0 aromatic carbocycles. The van der Waals surface area contributed by atoms with Gasteiger partial charge in [0.05, 0.1) is 0 Å². The van der Waals surface area contributed by atoms with Crippen LogP contribution in [-0.2, 0) is 28.6 Å². The van der Waals surface area contributed by atoms with Crippen molar-refractivity contribution in [2.24, 2.45) is 0 Å². The molecule has 0 aliphatic heterocycles. The van der Waals surface area contributed by atoms with E-state index in [-0.39, 0.29) is 31.1 Å². The van der Waals surface area contributed by atoms with Gasteiger partial charge >= 0.3 is 17.9 Å². The first-order valence-corrected chi connectivity index (χ1v) is 36.4. The SMILES string of the molecule is CC/C=C\C/C=C\C/C=C\C/C=C\C/C=C\C/C=C\CCCCCCCCCCC(=O)OC(COC(=O)CCCCCCC)COC(=O)CCCCCCCCCCCCCCCCCCCCCCCCCCCCCCCCCCC. The van der Waals surface area contributed by atoms with Crippen LogP contribution in [-0.4, -0.2) is 37.2 Å². The van der Waals surface area contributed by atoms with E-state index in [0.717, 1.165) is 109 Å². The molecule has 1 unspecified atom stereocenters. The second kappa shape index (κ2) is 71.3. The maximum atomic E-state index is 12.9. The lowest BCUT2D eigenvalue weighted by molar-refractivity contribution is -0.167. The maximum absolute atomic E-state index is 12.9. The van der Waals surface area contributed by atoms with Gasteiger partial charge in [0.15, 0.2) is 6.10 Å². The molecule has 0 aromatic heterocycles. The van der Waals surface area contributed by atoms with Crippen LogP contribution in [0, 0.1) is 0 Å². The minimum atomic E-state index is -0.776. The zero-order chi connectivity index (χ0) is 59.9. The van der Waals surface area contributed by atoms with E-state index in [2.05, 4.69) is 93.7 Å². The molecule has 482 valence electrons. The highest BCUT2D eigenvalue weighted by molar-refractivity contribution is 5.71. The Balaban J connectivity index is 3.93. The number of unbranched alkanes of at least 4 members (excludes halogenated alkanes) is 44. The van der Waals surface area contributed by atoms with E-state index in [4.69, 9.17) is 14.2 Å². The molecular weight excluding hydrogens is 1020 g/mol. The predicted octanol–water partition coefficient (Wildman–Crippen LogP) is 25.2. The van der Waals surface area contributed by atoms with Crippen LogP contribution in [0.1, 0.15) is 380 Å². The average Bonchev–Trinajstić information content (AvgIpc) is 3.49. The minimum absolute atomic E-state index is 0.0753. The van der Waals surface area contributed by atoms with E-state index in [1.165, 1.54) is 231 Å². The van der Waals surface area contributed by atoms with E-state index in [1.54, 1.807) is 0 Å². The monoisotopic (exact) mass is 1160 g/mol. The van der Waals surface area contributed by atoms with Crippen LogP contribution in [0.4, 0.5) is 0 Å². The molecule has 0 aliphatic rings. The van der Waals surface area contributed by atoms with Gasteiger partial charge in [-0.3, -0.25) is 14.4 Å². The molecule has 0 spiro atoms. The molecule has 0 heterocycles. The summed E-state index contributed by atoms with van der Waals surface area (Å²) in [4.78, 5) is 38.0. The van der Waals surface area contributed by atoms with Gasteiger partial charge in [-0.25, -0.2) is 0 Å². The van der Waals surface area contributed by atoms with E-state index in [9.17, 15) is 14.4 Å². The summed E-state index contributed by atoms with van der Waals surface area (Å²) < 4.78 is 16.8. The molecule has 0 amide bonds. The van der Waals surface area contributed by atoms with Crippen molar-refractivity contribution in [3.8, 4) is 0 Å². The molecule has 0 N–H and O–H groups in total. The molecule has 6 heteroatoms. The second-order valence-corrected chi connectivity index (χ2v) is 24.5. The Bertz CT molecular complexity index is 1520. The van der Waals surface area contributed by atoms with Gasteiger partial charge in [-0.2, -0.15) is 0 Å². The first-order valence-electron chi connectivity index (χ1n) is 36.4. The van der Waals surface area contributed by atoms with Crippen LogP contribution in [0.25, 0.3) is 0 Å². The molecule has 0 saturated carbocycles. The number of carbonyl (C=O) groups excluding carboxylic acids is 3.